The number of hydrogen-bond acceptors (Lipinski definition) is 7. The zero-order chi connectivity index (χ0) is 12.5. The Kier molecular flexibility index (Phi) is 3.81. The molecule has 0 spiro atoms. The Morgan fingerprint density at radius 2 is 2.06 bits per heavy atom. The highest BCUT2D eigenvalue weighted by molar-refractivity contribution is 4.99. The minimum atomic E-state index is -2.04. The summed E-state index contributed by atoms with van der Waals surface area (Å²) in [5, 5.41) is 39.3. The molecule has 94 valence electrons. The highest BCUT2D eigenvalue weighted by Gasteiger charge is 2.62. The van der Waals surface area contributed by atoms with E-state index >= 15 is 0 Å². The van der Waals surface area contributed by atoms with Crippen LogP contribution in [0.4, 0.5) is 0 Å². The summed E-state index contributed by atoms with van der Waals surface area (Å²) in [6, 6.07) is 0. The van der Waals surface area contributed by atoms with Gasteiger partial charge in [-0.05, 0) is 0 Å². The van der Waals surface area contributed by atoms with Crippen LogP contribution < -0.4 is 0 Å². The van der Waals surface area contributed by atoms with E-state index in [1.807, 2.05) is 0 Å². The molecule has 16 heavy (non-hydrogen) atoms. The number of aliphatic hydroxyl groups is 3. The number of methoxy groups -OCH3 is 1. The van der Waals surface area contributed by atoms with Crippen LogP contribution in [0.1, 0.15) is 6.92 Å². The molecule has 0 aromatic heterocycles. The van der Waals surface area contributed by atoms with E-state index in [-0.39, 0.29) is 0 Å². The fraction of sp³-hybridized carbons (Fsp3) is 1.00. The van der Waals surface area contributed by atoms with Crippen LogP contribution in [0.5, 0.6) is 0 Å². The SMILES string of the molecule is CO[C@H]1O[C@@H](CO)[C@H](O)[C@](C)([N+](=O)[O-])[C@@H]1O. The zero-order valence-corrected chi connectivity index (χ0v) is 8.94. The van der Waals surface area contributed by atoms with Gasteiger partial charge in [0.05, 0.1) is 6.61 Å². The van der Waals surface area contributed by atoms with Crippen LogP contribution in [0.3, 0.4) is 0 Å². The van der Waals surface area contributed by atoms with Gasteiger partial charge in [-0.3, -0.25) is 10.1 Å². The van der Waals surface area contributed by atoms with Crippen molar-refractivity contribution in [3.05, 3.63) is 10.1 Å². The average Bonchev–Trinajstić information content (AvgIpc) is 2.26. The summed E-state index contributed by atoms with van der Waals surface area (Å²) in [6.07, 6.45) is -5.65. The molecule has 5 atom stereocenters. The van der Waals surface area contributed by atoms with Crippen molar-refractivity contribution < 1.29 is 29.7 Å². The van der Waals surface area contributed by atoms with Crippen LogP contribution in [0, 0.1) is 10.1 Å². The largest absolute Gasteiger partial charge is 0.394 e. The van der Waals surface area contributed by atoms with Crippen LogP contribution >= 0.6 is 0 Å². The molecule has 0 aromatic carbocycles. The molecule has 1 fully saturated rings. The summed E-state index contributed by atoms with van der Waals surface area (Å²) in [6.45, 7) is 0.483. The standard InChI is InChI=1S/C8H15NO7/c1-8(9(13)14)5(11)4(3-10)16-7(15-2)6(8)12/h4-7,10-12H,3H2,1-2H3/t4-,5-,6+,7-,8-/m0/s1. The third-order valence-corrected chi connectivity index (χ3v) is 2.92. The zero-order valence-electron chi connectivity index (χ0n) is 8.94. The topological polar surface area (TPSA) is 122 Å². The van der Waals surface area contributed by atoms with Gasteiger partial charge in [-0.15, -0.1) is 0 Å². The Labute approximate surface area is 91.6 Å². The van der Waals surface area contributed by atoms with E-state index < -0.39 is 41.7 Å². The van der Waals surface area contributed by atoms with Crippen LogP contribution in [0.25, 0.3) is 0 Å². The fourth-order valence-electron chi connectivity index (χ4n) is 1.69. The van der Waals surface area contributed by atoms with Gasteiger partial charge < -0.3 is 24.8 Å². The summed E-state index contributed by atoms with van der Waals surface area (Å²) in [4.78, 5) is 10.1. The third-order valence-electron chi connectivity index (χ3n) is 2.92. The Morgan fingerprint density at radius 1 is 1.50 bits per heavy atom. The second-order valence-electron chi connectivity index (χ2n) is 3.83. The van der Waals surface area contributed by atoms with Gasteiger partial charge in [0.2, 0.25) is 0 Å². The van der Waals surface area contributed by atoms with Gasteiger partial charge in [0.1, 0.15) is 6.10 Å². The van der Waals surface area contributed by atoms with Crippen molar-refractivity contribution in [2.24, 2.45) is 0 Å². The summed E-state index contributed by atoms with van der Waals surface area (Å²) in [7, 11) is 1.21. The number of nitrogens with zero attached hydrogens (tertiary/aromatic N) is 1. The smallest absolute Gasteiger partial charge is 0.277 e. The summed E-state index contributed by atoms with van der Waals surface area (Å²) < 4.78 is 9.71. The third kappa shape index (κ3) is 1.78. The average molecular weight is 237 g/mol. The molecule has 0 bridgehead atoms. The Morgan fingerprint density at radius 3 is 2.44 bits per heavy atom. The Bertz CT molecular complexity index is 255. The number of ether oxygens (including phenoxy) is 2. The van der Waals surface area contributed by atoms with Crippen molar-refractivity contribution >= 4 is 0 Å². The van der Waals surface area contributed by atoms with Crippen molar-refractivity contribution in [3.8, 4) is 0 Å². The molecule has 1 heterocycles. The van der Waals surface area contributed by atoms with Gasteiger partial charge in [-0.25, -0.2) is 0 Å². The van der Waals surface area contributed by atoms with Crippen LogP contribution in [-0.4, -0.2) is 64.1 Å². The maximum absolute atomic E-state index is 10.9. The normalized spacial score (nSPS) is 44.3. The maximum Gasteiger partial charge on any atom is 0.277 e. The van der Waals surface area contributed by atoms with Crippen LogP contribution in [-0.2, 0) is 9.47 Å². The van der Waals surface area contributed by atoms with E-state index in [9.17, 15) is 20.3 Å². The number of hydrogen-bond donors (Lipinski definition) is 3. The fourth-order valence-corrected chi connectivity index (χ4v) is 1.69. The molecule has 0 aliphatic carbocycles. The molecule has 0 radical (unpaired) electrons. The highest BCUT2D eigenvalue weighted by Crippen LogP contribution is 2.32. The van der Waals surface area contributed by atoms with E-state index in [4.69, 9.17) is 14.6 Å². The molecule has 0 saturated carbocycles. The molecular weight excluding hydrogens is 222 g/mol. The van der Waals surface area contributed by atoms with E-state index in [0.29, 0.717) is 0 Å². The lowest BCUT2D eigenvalue weighted by atomic mass is 9.83. The van der Waals surface area contributed by atoms with Crippen molar-refractivity contribution in [2.75, 3.05) is 13.7 Å². The monoisotopic (exact) mass is 237 g/mol. The molecule has 1 aliphatic rings. The molecule has 1 aliphatic heterocycles. The lowest BCUT2D eigenvalue weighted by Crippen LogP contribution is -2.69. The molecular formula is C8H15NO7. The van der Waals surface area contributed by atoms with Gasteiger partial charge in [-0.2, -0.15) is 0 Å². The van der Waals surface area contributed by atoms with Gasteiger partial charge in [0.25, 0.3) is 5.54 Å². The molecule has 8 nitrogen and oxygen atoms in total. The maximum atomic E-state index is 10.9. The van der Waals surface area contributed by atoms with Gasteiger partial charge in [-0.1, -0.05) is 0 Å². The Balaban J connectivity index is 3.06. The highest BCUT2D eigenvalue weighted by atomic mass is 16.7. The number of rotatable bonds is 3. The van der Waals surface area contributed by atoms with Gasteiger partial charge in [0.15, 0.2) is 18.5 Å². The van der Waals surface area contributed by atoms with E-state index in [0.717, 1.165) is 6.92 Å². The predicted molar refractivity (Wildman–Crippen MR) is 50.2 cm³/mol. The number of nitro groups is 1. The minimum Gasteiger partial charge on any atom is -0.394 e. The summed E-state index contributed by atoms with van der Waals surface area (Å²) >= 11 is 0. The van der Waals surface area contributed by atoms with Crippen molar-refractivity contribution in [1.82, 2.24) is 0 Å². The second kappa shape index (κ2) is 4.60. The molecule has 0 unspecified atom stereocenters. The van der Waals surface area contributed by atoms with Gasteiger partial charge in [0, 0.05) is 19.0 Å². The predicted octanol–water partition coefficient (Wildman–Crippen LogP) is -1.89. The molecule has 1 rings (SSSR count). The second-order valence-corrected chi connectivity index (χ2v) is 3.83. The minimum absolute atomic E-state index is 0.600. The molecule has 8 heteroatoms. The number of aliphatic hydroxyl groups excluding tert-OH is 3. The van der Waals surface area contributed by atoms with Crippen LogP contribution in [0.15, 0.2) is 0 Å². The molecule has 3 N–H and O–H groups in total. The molecule has 0 aromatic rings. The summed E-state index contributed by atoms with van der Waals surface area (Å²) in [5.74, 6) is 0. The molecule has 1 saturated heterocycles. The van der Waals surface area contributed by atoms with E-state index in [1.54, 1.807) is 0 Å². The quantitative estimate of drug-likeness (QED) is 0.387. The van der Waals surface area contributed by atoms with Crippen molar-refractivity contribution in [1.29, 1.82) is 0 Å². The summed E-state index contributed by atoms with van der Waals surface area (Å²) in [5.41, 5.74) is -2.04. The first-order chi connectivity index (χ1) is 7.39. The van der Waals surface area contributed by atoms with Crippen molar-refractivity contribution in [3.63, 3.8) is 0 Å². The van der Waals surface area contributed by atoms with E-state index in [2.05, 4.69) is 0 Å². The molecule has 0 amide bonds. The Hall–Kier alpha value is -0.800. The lowest BCUT2D eigenvalue weighted by Gasteiger charge is -2.42. The van der Waals surface area contributed by atoms with Crippen molar-refractivity contribution in [2.45, 2.75) is 37.1 Å². The van der Waals surface area contributed by atoms with Gasteiger partial charge >= 0.3 is 0 Å². The first kappa shape index (κ1) is 13.3. The lowest BCUT2D eigenvalue weighted by molar-refractivity contribution is -0.609. The first-order valence-corrected chi connectivity index (χ1v) is 4.69. The van der Waals surface area contributed by atoms with E-state index in [1.165, 1.54) is 7.11 Å². The van der Waals surface area contributed by atoms with Crippen LogP contribution in [0.2, 0.25) is 0 Å². The first-order valence-electron chi connectivity index (χ1n) is 4.69.